The van der Waals surface area contributed by atoms with E-state index in [9.17, 15) is 0 Å². The van der Waals surface area contributed by atoms with Gasteiger partial charge in [0.05, 0.1) is 5.52 Å². The van der Waals surface area contributed by atoms with E-state index < -0.39 is 0 Å². The molecule has 6 nitrogen and oxygen atoms in total. The van der Waals surface area contributed by atoms with Crippen LogP contribution in [-0.4, -0.2) is 54.4 Å². The van der Waals surface area contributed by atoms with Crippen molar-refractivity contribution in [2.75, 3.05) is 54.4 Å². The molecule has 2 heterocycles. The molecule has 1 aliphatic rings. The zero-order valence-electron chi connectivity index (χ0n) is 15.8. The van der Waals surface area contributed by atoms with Crippen molar-refractivity contribution in [2.24, 2.45) is 0 Å². The average molecular weight is 400 g/mol. The molecule has 0 atom stereocenters. The summed E-state index contributed by atoms with van der Waals surface area (Å²) in [7, 11) is 0. The molecule has 0 bridgehead atoms. The maximum absolute atomic E-state index is 9.05. The van der Waals surface area contributed by atoms with E-state index in [-0.39, 0.29) is 19.0 Å². The van der Waals surface area contributed by atoms with Crippen LogP contribution in [0.1, 0.15) is 6.42 Å². The smallest absolute Gasteiger partial charge is 0.228 e. The highest BCUT2D eigenvalue weighted by Gasteiger charge is 2.20. The lowest BCUT2D eigenvalue weighted by molar-refractivity contribution is 0.292. The summed E-state index contributed by atoms with van der Waals surface area (Å²) >= 11 is 0. The number of aliphatic hydroxyl groups is 1. The Morgan fingerprint density at radius 2 is 1.54 bits per heavy atom. The van der Waals surface area contributed by atoms with Crippen LogP contribution in [0.5, 0.6) is 0 Å². The van der Waals surface area contributed by atoms with Gasteiger partial charge in [0, 0.05) is 50.4 Å². The van der Waals surface area contributed by atoms with Crippen molar-refractivity contribution in [1.82, 2.24) is 9.97 Å². The summed E-state index contributed by atoms with van der Waals surface area (Å²) in [4.78, 5) is 14.2. The summed E-state index contributed by atoms with van der Waals surface area (Å²) in [5.74, 6) is 1.61. The van der Waals surface area contributed by atoms with Crippen molar-refractivity contribution < 1.29 is 5.11 Å². The number of nitrogens with one attached hydrogen (secondary N) is 1. The fourth-order valence-electron chi connectivity index (χ4n) is 3.43. The number of hydrogen-bond donors (Lipinski definition) is 2. The maximum atomic E-state index is 9.05. The number of aliphatic hydroxyl groups excluding tert-OH is 1. The van der Waals surface area contributed by atoms with Crippen LogP contribution in [0.25, 0.3) is 10.9 Å². The van der Waals surface area contributed by atoms with Crippen LogP contribution < -0.4 is 15.1 Å². The van der Waals surface area contributed by atoms with Gasteiger partial charge >= 0.3 is 0 Å². The van der Waals surface area contributed by atoms with Crippen LogP contribution in [0.3, 0.4) is 0 Å². The fraction of sp³-hybridized carbons (Fsp3) is 0.333. The number of aromatic nitrogens is 2. The Morgan fingerprint density at radius 3 is 2.29 bits per heavy atom. The number of para-hydroxylation sites is 2. The van der Waals surface area contributed by atoms with Gasteiger partial charge in [-0.1, -0.05) is 30.3 Å². The Morgan fingerprint density at radius 1 is 0.857 bits per heavy atom. The lowest BCUT2D eigenvalue weighted by atomic mass is 10.2. The molecule has 0 aliphatic carbocycles. The Bertz CT molecular complexity index is 884. The van der Waals surface area contributed by atoms with Gasteiger partial charge in [-0.15, -0.1) is 12.4 Å². The molecule has 7 heteroatoms. The quantitative estimate of drug-likeness (QED) is 0.621. The lowest BCUT2D eigenvalue weighted by Crippen LogP contribution is -2.47. The summed E-state index contributed by atoms with van der Waals surface area (Å²) in [5.41, 5.74) is 2.21. The molecule has 1 aromatic heterocycles. The summed E-state index contributed by atoms with van der Waals surface area (Å²) in [6, 6.07) is 18.6. The Labute approximate surface area is 171 Å². The van der Waals surface area contributed by atoms with Crippen LogP contribution in [0.2, 0.25) is 0 Å². The predicted molar refractivity (Wildman–Crippen MR) is 118 cm³/mol. The Hall–Kier alpha value is -2.57. The lowest BCUT2D eigenvalue weighted by Gasteiger charge is -2.36. The number of hydrogen-bond acceptors (Lipinski definition) is 6. The molecule has 3 aromatic rings. The first-order valence-electron chi connectivity index (χ1n) is 9.51. The fourth-order valence-corrected chi connectivity index (χ4v) is 3.43. The number of nitrogens with zero attached hydrogens (tertiary/aromatic N) is 4. The molecule has 2 aromatic carbocycles. The minimum Gasteiger partial charge on any atom is -0.396 e. The molecule has 0 unspecified atom stereocenters. The number of fused-ring (bicyclic) bond motifs is 1. The summed E-state index contributed by atoms with van der Waals surface area (Å²) < 4.78 is 0. The number of rotatable bonds is 6. The van der Waals surface area contributed by atoms with Gasteiger partial charge in [0.1, 0.15) is 5.82 Å². The first-order valence-corrected chi connectivity index (χ1v) is 9.51. The van der Waals surface area contributed by atoms with Gasteiger partial charge in [0.2, 0.25) is 5.95 Å². The summed E-state index contributed by atoms with van der Waals surface area (Å²) in [5, 5.41) is 13.4. The van der Waals surface area contributed by atoms with Crippen LogP contribution in [-0.2, 0) is 0 Å². The summed E-state index contributed by atoms with van der Waals surface area (Å²) in [6.45, 7) is 4.55. The molecule has 1 fully saturated rings. The van der Waals surface area contributed by atoms with Gasteiger partial charge in [-0.05, 0) is 30.7 Å². The van der Waals surface area contributed by atoms with Crippen LogP contribution >= 0.6 is 12.4 Å². The van der Waals surface area contributed by atoms with Crippen molar-refractivity contribution >= 4 is 40.8 Å². The first-order chi connectivity index (χ1) is 13.3. The molecule has 2 N–H and O–H groups in total. The van der Waals surface area contributed by atoms with E-state index >= 15 is 0 Å². The molecular weight excluding hydrogens is 374 g/mol. The maximum Gasteiger partial charge on any atom is 0.228 e. The average Bonchev–Trinajstić information content (AvgIpc) is 2.74. The Kier molecular flexibility index (Phi) is 6.90. The third kappa shape index (κ3) is 4.46. The second kappa shape index (κ2) is 9.57. The van der Waals surface area contributed by atoms with Crippen molar-refractivity contribution in [3.63, 3.8) is 0 Å². The van der Waals surface area contributed by atoms with Gasteiger partial charge in [0.15, 0.2) is 0 Å². The van der Waals surface area contributed by atoms with Gasteiger partial charge in [-0.2, -0.15) is 4.98 Å². The van der Waals surface area contributed by atoms with E-state index in [1.54, 1.807) is 0 Å². The van der Waals surface area contributed by atoms with E-state index in [0.29, 0.717) is 13.0 Å². The number of piperazine rings is 1. The molecule has 1 aliphatic heterocycles. The molecule has 0 amide bonds. The molecule has 0 saturated carbocycles. The highest BCUT2D eigenvalue weighted by Crippen LogP contribution is 2.25. The SMILES string of the molecule is Cl.OCCCNc1nc(N2CCN(c3ccccc3)CC2)nc2ccccc12. The second-order valence-electron chi connectivity index (χ2n) is 6.70. The standard InChI is InChI=1S/C21H25N5O.ClH/c27-16-6-11-22-20-18-9-4-5-10-19(18)23-21(24-20)26-14-12-25(13-15-26)17-7-2-1-3-8-17;/h1-5,7-10,27H,6,11-16H2,(H,22,23,24);1H. The normalized spacial score (nSPS) is 14.0. The van der Waals surface area contributed by atoms with Gasteiger partial charge in [0.25, 0.3) is 0 Å². The zero-order chi connectivity index (χ0) is 18.5. The highest BCUT2D eigenvalue weighted by atomic mass is 35.5. The first kappa shape index (κ1) is 20.2. The van der Waals surface area contributed by atoms with E-state index in [4.69, 9.17) is 15.1 Å². The van der Waals surface area contributed by atoms with Crippen molar-refractivity contribution in [3.8, 4) is 0 Å². The highest BCUT2D eigenvalue weighted by molar-refractivity contribution is 5.90. The third-order valence-corrected chi connectivity index (χ3v) is 4.90. The monoisotopic (exact) mass is 399 g/mol. The minimum absolute atomic E-state index is 0. The molecule has 4 rings (SSSR count). The largest absolute Gasteiger partial charge is 0.396 e. The van der Waals surface area contributed by atoms with E-state index in [1.165, 1.54) is 5.69 Å². The van der Waals surface area contributed by atoms with Crippen LogP contribution in [0.4, 0.5) is 17.5 Å². The molecule has 148 valence electrons. The third-order valence-electron chi connectivity index (χ3n) is 4.90. The number of benzene rings is 2. The predicted octanol–water partition coefficient (Wildman–Crippen LogP) is 3.17. The van der Waals surface area contributed by atoms with Gasteiger partial charge in [-0.3, -0.25) is 0 Å². The Balaban J connectivity index is 0.00000225. The van der Waals surface area contributed by atoms with Crippen molar-refractivity contribution in [1.29, 1.82) is 0 Å². The van der Waals surface area contributed by atoms with Gasteiger partial charge < -0.3 is 20.2 Å². The van der Waals surface area contributed by atoms with Crippen LogP contribution in [0, 0.1) is 0 Å². The molecule has 0 spiro atoms. The number of halogens is 1. The zero-order valence-corrected chi connectivity index (χ0v) is 16.6. The second-order valence-corrected chi connectivity index (χ2v) is 6.70. The van der Waals surface area contributed by atoms with Gasteiger partial charge in [-0.25, -0.2) is 4.98 Å². The van der Waals surface area contributed by atoms with E-state index in [1.807, 2.05) is 30.3 Å². The summed E-state index contributed by atoms with van der Waals surface area (Å²) in [6.07, 6.45) is 0.698. The molecular formula is C21H26ClN5O. The molecule has 1 saturated heterocycles. The van der Waals surface area contributed by atoms with Crippen LogP contribution in [0.15, 0.2) is 54.6 Å². The van der Waals surface area contributed by atoms with E-state index in [2.05, 4.69) is 39.4 Å². The van der Waals surface area contributed by atoms with E-state index in [0.717, 1.165) is 48.8 Å². The minimum atomic E-state index is 0. The number of anilines is 3. The molecule has 0 radical (unpaired) electrons. The van der Waals surface area contributed by atoms with Crippen molar-refractivity contribution in [3.05, 3.63) is 54.6 Å². The topological polar surface area (TPSA) is 64.5 Å². The van der Waals surface area contributed by atoms with Crippen molar-refractivity contribution in [2.45, 2.75) is 6.42 Å². The molecule has 28 heavy (non-hydrogen) atoms.